The molecule has 126 valence electrons. The summed E-state index contributed by atoms with van der Waals surface area (Å²) in [7, 11) is 0. The van der Waals surface area contributed by atoms with Crippen molar-refractivity contribution in [2.24, 2.45) is 5.92 Å². The van der Waals surface area contributed by atoms with E-state index in [1.54, 1.807) is 17.3 Å². The highest BCUT2D eigenvalue weighted by molar-refractivity contribution is 7.07. The fourth-order valence-corrected chi connectivity index (χ4v) is 4.57. The second kappa shape index (κ2) is 6.21. The summed E-state index contributed by atoms with van der Waals surface area (Å²) in [5, 5.41) is 1.97. The predicted octanol–water partition coefficient (Wildman–Crippen LogP) is 1.57. The van der Waals surface area contributed by atoms with Crippen LogP contribution in [0, 0.1) is 12.8 Å². The number of carbonyl (C=O) groups is 2. The van der Waals surface area contributed by atoms with Crippen LogP contribution in [0.3, 0.4) is 0 Å². The summed E-state index contributed by atoms with van der Waals surface area (Å²) in [6, 6.07) is 0.0498. The Morgan fingerprint density at radius 3 is 2.92 bits per heavy atom. The van der Waals surface area contributed by atoms with Gasteiger partial charge in [-0.05, 0) is 19.8 Å². The van der Waals surface area contributed by atoms with Gasteiger partial charge < -0.3 is 9.80 Å². The van der Waals surface area contributed by atoms with Crippen LogP contribution in [0.15, 0.2) is 10.9 Å². The van der Waals surface area contributed by atoms with E-state index in [9.17, 15) is 9.59 Å². The number of rotatable bonds is 3. The molecule has 0 aromatic carbocycles. The van der Waals surface area contributed by atoms with E-state index in [-0.39, 0.29) is 23.8 Å². The lowest BCUT2D eigenvalue weighted by molar-refractivity contribution is -0.140. The summed E-state index contributed by atoms with van der Waals surface area (Å²) in [5.41, 5.74) is 3.77. The summed E-state index contributed by atoms with van der Waals surface area (Å²) < 4.78 is 8.21. The Hall–Kier alpha value is -1.87. The van der Waals surface area contributed by atoms with Gasteiger partial charge in [-0.3, -0.25) is 9.59 Å². The van der Waals surface area contributed by atoms with Crippen LogP contribution in [0.5, 0.6) is 0 Å². The van der Waals surface area contributed by atoms with Gasteiger partial charge in [0, 0.05) is 24.5 Å². The van der Waals surface area contributed by atoms with Crippen molar-refractivity contribution in [2.45, 2.75) is 32.4 Å². The van der Waals surface area contributed by atoms with Crippen molar-refractivity contribution in [3.8, 4) is 0 Å². The number of nitrogens with zero attached hydrogens (tertiary/aromatic N) is 5. The molecule has 2 bridgehead atoms. The quantitative estimate of drug-likeness (QED) is 0.827. The number of hydrogen-bond donors (Lipinski definition) is 0. The molecular formula is C15H17N5O2S2. The van der Waals surface area contributed by atoms with Gasteiger partial charge >= 0.3 is 0 Å². The number of fused-ring (bicyclic) bond motifs is 4. The topological polar surface area (TPSA) is 79.3 Å². The fraction of sp³-hybridized carbons (Fsp3) is 0.533. The average molecular weight is 363 g/mol. The molecule has 3 aliphatic rings. The predicted molar refractivity (Wildman–Crippen MR) is 89.7 cm³/mol. The Morgan fingerprint density at radius 2 is 2.21 bits per heavy atom. The minimum absolute atomic E-state index is 0.0498. The van der Waals surface area contributed by atoms with Gasteiger partial charge in [-0.1, -0.05) is 0 Å². The third-order valence-corrected chi connectivity index (χ3v) is 6.01. The highest BCUT2D eigenvalue weighted by Crippen LogP contribution is 2.31. The lowest BCUT2D eigenvalue weighted by atomic mass is 9.94. The molecule has 5 heterocycles. The monoisotopic (exact) mass is 363 g/mol. The number of piperidine rings is 1. The normalized spacial score (nSPS) is 23.6. The van der Waals surface area contributed by atoms with Crippen LogP contribution in [0.25, 0.3) is 0 Å². The number of amides is 2. The Balaban J connectivity index is 1.57. The van der Waals surface area contributed by atoms with Crippen molar-refractivity contribution >= 4 is 34.9 Å². The zero-order valence-corrected chi connectivity index (χ0v) is 14.8. The van der Waals surface area contributed by atoms with Gasteiger partial charge in [-0.2, -0.15) is 8.75 Å². The molecule has 0 spiro atoms. The maximum Gasteiger partial charge on any atom is 0.275 e. The van der Waals surface area contributed by atoms with Crippen LogP contribution < -0.4 is 0 Å². The highest BCUT2D eigenvalue weighted by atomic mass is 32.1. The third kappa shape index (κ3) is 2.71. The Morgan fingerprint density at radius 1 is 1.33 bits per heavy atom. The first-order valence-corrected chi connectivity index (χ1v) is 9.56. The molecule has 3 saturated heterocycles. The SMILES string of the molecule is Cc1nsnc1C(=O)N1C[C@@H]2CC[C@H](C1)N(Cc1cscn1)C2=O. The molecule has 3 fully saturated rings. The van der Waals surface area contributed by atoms with Crippen LogP contribution in [0.2, 0.25) is 0 Å². The van der Waals surface area contributed by atoms with E-state index in [1.165, 1.54) is 11.3 Å². The molecule has 9 heteroatoms. The summed E-state index contributed by atoms with van der Waals surface area (Å²) in [5.74, 6) is -0.0950. The molecule has 7 nitrogen and oxygen atoms in total. The highest BCUT2D eigenvalue weighted by Gasteiger charge is 2.42. The number of thiazole rings is 1. The van der Waals surface area contributed by atoms with Gasteiger partial charge in [0.15, 0.2) is 5.69 Å². The first-order valence-electron chi connectivity index (χ1n) is 7.89. The van der Waals surface area contributed by atoms with E-state index >= 15 is 0 Å². The molecule has 0 unspecified atom stereocenters. The van der Waals surface area contributed by atoms with E-state index in [2.05, 4.69) is 13.7 Å². The smallest absolute Gasteiger partial charge is 0.275 e. The lowest BCUT2D eigenvalue weighted by Gasteiger charge is -2.35. The van der Waals surface area contributed by atoms with E-state index in [0.717, 1.165) is 30.3 Å². The third-order valence-electron chi connectivity index (χ3n) is 4.75. The molecule has 3 aliphatic heterocycles. The minimum Gasteiger partial charge on any atom is -0.334 e. The molecule has 2 amide bonds. The summed E-state index contributed by atoms with van der Waals surface area (Å²) in [6.07, 6.45) is 1.77. The second-order valence-corrected chi connectivity index (χ2v) is 7.53. The molecule has 2 aromatic rings. The van der Waals surface area contributed by atoms with E-state index < -0.39 is 0 Å². The minimum atomic E-state index is -0.127. The van der Waals surface area contributed by atoms with Crippen LogP contribution >= 0.6 is 23.1 Å². The van der Waals surface area contributed by atoms with Gasteiger partial charge in [0.25, 0.3) is 5.91 Å². The average Bonchev–Trinajstić information content (AvgIpc) is 3.15. The molecule has 5 rings (SSSR count). The van der Waals surface area contributed by atoms with Gasteiger partial charge in [0.2, 0.25) is 5.91 Å². The zero-order chi connectivity index (χ0) is 16.7. The molecule has 0 saturated carbocycles. The van der Waals surface area contributed by atoms with Crippen molar-refractivity contribution in [2.75, 3.05) is 13.1 Å². The van der Waals surface area contributed by atoms with E-state index in [0.29, 0.717) is 31.0 Å². The van der Waals surface area contributed by atoms with Gasteiger partial charge in [0.05, 0.1) is 41.1 Å². The maximum atomic E-state index is 12.8. The van der Waals surface area contributed by atoms with Crippen molar-refractivity contribution < 1.29 is 9.59 Å². The largest absolute Gasteiger partial charge is 0.334 e. The molecular weight excluding hydrogens is 346 g/mol. The molecule has 0 N–H and O–H groups in total. The van der Waals surface area contributed by atoms with Crippen molar-refractivity contribution in [1.82, 2.24) is 23.5 Å². The Kier molecular flexibility index (Phi) is 4.05. The summed E-state index contributed by atoms with van der Waals surface area (Å²) in [4.78, 5) is 33.5. The van der Waals surface area contributed by atoms with Crippen LogP contribution in [0.4, 0.5) is 0 Å². The van der Waals surface area contributed by atoms with E-state index in [4.69, 9.17) is 0 Å². The number of aromatic nitrogens is 3. The van der Waals surface area contributed by atoms with Crippen molar-refractivity contribution in [3.05, 3.63) is 28.0 Å². The van der Waals surface area contributed by atoms with Crippen molar-refractivity contribution in [1.29, 1.82) is 0 Å². The van der Waals surface area contributed by atoms with E-state index in [1.807, 2.05) is 10.3 Å². The van der Waals surface area contributed by atoms with Crippen LogP contribution in [-0.4, -0.2) is 54.5 Å². The molecule has 24 heavy (non-hydrogen) atoms. The summed E-state index contributed by atoms with van der Waals surface area (Å²) in [6.45, 7) is 3.35. The Bertz CT molecular complexity index is 760. The van der Waals surface area contributed by atoms with Gasteiger partial charge in [0.1, 0.15) is 0 Å². The number of carbonyl (C=O) groups excluding carboxylic acids is 2. The Labute approximate surface area is 147 Å². The first kappa shape index (κ1) is 15.6. The standard InChI is InChI=1S/C15H17N5O2S2/c1-9-13(18-24-17-9)15(22)19-4-10-2-3-12(6-19)20(14(10)21)5-11-7-23-8-16-11/h7-8,10,12H,2-6H2,1H3/t10-,12+/m0/s1. The molecule has 0 radical (unpaired) electrons. The lowest BCUT2D eigenvalue weighted by Crippen LogP contribution is -2.47. The molecule has 0 aliphatic carbocycles. The molecule has 2 atom stereocenters. The van der Waals surface area contributed by atoms with Crippen LogP contribution in [-0.2, 0) is 11.3 Å². The molecule has 2 aromatic heterocycles. The number of aryl methyl sites for hydroxylation is 1. The number of hydrogen-bond acceptors (Lipinski definition) is 7. The second-order valence-electron chi connectivity index (χ2n) is 6.28. The van der Waals surface area contributed by atoms with Gasteiger partial charge in [-0.15, -0.1) is 11.3 Å². The maximum absolute atomic E-state index is 12.8. The zero-order valence-electron chi connectivity index (χ0n) is 13.2. The van der Waals surface area contributed by atoms with Gasteiger partial charge in [-0.25, -0.2) is 4.98 Å². The van der Waals surface area contributed by atoms with Crippen LogP contribution in [0.1, 0.15) is 34.7 Å². The fourth-order valence-electron chi connectivity index (χ4n) is 3.48. The summed E-state index contributed by atoms with van der Waals surface area (Å²) >= 11 is 2.59. The van der Waals surface area contributed by atoms with Crippen molar-refractivity contribution in [3.63, 3.8) is 0 Å². The first-order chi connectivity index (χ1) is 11.6.